The highest BCUT2D eigenvalue weighted by Gasteiger charge is 2.17. The molecule has 5 nitrogen and oxygen atoms in total. The predicted octanol–water partition coefficient (Wildman–Crippen LogP) is 0.677. The number of nitriles is 2. The van der Waals surface area contributed by atoms with Crippen molar-refractivity contribution in [2.75, 3.05) is 19.7 Å². The van der Waals surface area contributed by atoms with Crippen LogP contribution in [0.2, 0.25) is 0 Å². The molecule has 0 aromatic rings. The van der Waals surface area contributed by atoms with Gasteiger partial charge in [0.25, 0.3) is 0 Å². The Labute approximate surface area is 89.8 Å². The molecular weight excluding hydrogens is 194 g/mol. The maximum Gasteiger partial charge on any atom is 0.307 e. The Morgan fingerprint density at radius 3 is 2.33 bits per heavy atom. The fraction of sp³-hybridized carbons (Fsp3) is 0.700. The topological polar surface area (TPSA) is 77.1 Å². The van der Waals surface area contributed by atoms with Gasteiger partial charge in [0, 0.05) is 6.04 Å². The van der Waals surface area contributed by atoms with E-state index < -0.39 is 0 Å². The molecule has 0 saturated carbocycles. The number of ether oxygens (including phenoxy) is 1. The Balaban J connectivity index is 4.14. The molecule has 1 atom stereocenters. The van der Waals surface area contributed by atoms with Crippen molar-refractivity contribution >= 4 is 5.97 Å². The zero-order valence-electron chi connectivity index (χ0n) is 9.06. The molecule has 0 rings (SSSR count). The molecule has 0 aliphatic heterocycles. The van der Waals surface area contributed by atoms with Gasteiger partial charge in [0.05, 0.1) is 38.3 Å². The highest BCUT2D eigenvalue weighted by atomic mass is 16.5. The van der Waals surface area contributed by atoms with Crippen LogP contribution in [0.1, 0.15) is 20.3 Å². The van der Waals surface area contributed by atoms with E-state index >= 15 is 0 Å². The molecule has 0 saturated heterocycles. The van der Waals surface area contributed by atoms with Gasteiger partial charge in [-0.1, -0.05) is 0 Å². The Morgan fingerprint density at radius 2 is 1.93 bits per heavy atom. The van der Waals surface area contributed by atoms with Crippen LogP contribution in [-0.4, -0.2) is 36.6 Å². The quantitative estimate of drug-likeness (QED) is 0.475. The third-order valence-corrected chi connectivity index (χ3v) is 1.94. The summed E-state index contributed by atoms with van der Waals surface area (Å²) in [6.45, 7) is 4.18. The summed E-state index contributed by atoms with van der Waals surface area (Å²) in [5.41, 5.74) is 0. The van der Waals surface area contributed by atoms with Gasteiger partial charge in [-0.2, -0.15) is 10.5 Å². The molecule has 5 heteroatoms. The first kappa shape index (κ1) is 13.4. The summed E-state index contributed by atoms with van der Waals surface area (Å²) in [5.74, 6) is -0.300. The maximum absolute atomic E-state index is 11.2. The number of carbonyl (C=O) groups is 1. The largest absolute Gasteiger partial charge is 0.466 e. The molecule has 0 N–H and O–H groups in total. The van der Waals surface area contributed by atoms with Crippen molar-refractivity contribution in [3.05, 3.63) is 0 Å². The van der Waals surface area contributed by atoms with E-state index in [0.717, 1.165) is 0 Å². The average molecular weight is 209 g/mol. The fourth-order valence-corrected chi connectivity index (χ4v) is 1.14. The minimum absolute atomic E-state index is 0.147. The smallest absolute Gasteiger partial charge is 0.307 e. The van der Waals surface area contributed by atoms with Crippen LogP contribution < -0.4 is 0 Å². The standard InChI is InChI=1S/C10H15N3O2/c1-3-15-10(14)8-9(2)13(6-4-11)7-5-12/h9H,3,6-8H2,1-2H3. The van der Waals surface area contributed by atoms with Crippen molar-refractivity contribution in [1.29, 1.82) is 10.5 Å². The average Bonchev–Trinajstić information content (AvgIpc) is 2.17. The van der Waals surface area contributed by atoms with E-state index in [9.17, 15) is 4.79 Å². The van der Waals surface area contributed by atoms with Crippen molar-refractivity contribution in [2.24, 2.45) is 0 Å². The summed E-state index contributed by atoms with van der Waals surface area (Å²) in [4.78, 5) is 12.8. The van der Waals surface area contributed by atoms with Crippen LogP contribution in [0, 0.1) is 22.7 Å². The Bertz CT molecular complexity index is 261. The van der Waals surface area contributed by atoms with Crippen molar-refractivity contribution < 1.29 is 9.53 Å². The van der Waals surface area contributed by atoms with Gasteiger partial charge in [-0.15, -0.1) is 0 Å². The number of rotatable bonds is 6. The number of hydrogen-bond donors (Lipinski definition) is 0. The van der Waals surface area contributed by atoms with Crippen molar-refractivity contribution in [1.82, 2.24) is 4.90 Å². The predicted molar refractivity (Wildman–Crippen MR) is 53.5 cm³/mol. The lowest BCUT2D eigenvalue weighted by atomic mass is 10.2. The second kappa shape index (κ2) is 7.78. The summed E-state index contributed by atoms with van der Waals surface area (Å²) in [6.07, 6.45) is 0.206. The highest BCUT2D eigenvalue weighted by molar-refractivity contribution is 5.70. The first-order valence-corrected chi connectivity index (χ1v) is 4.79. The first-order chi connectivity index (χ1) is 7.15. The molecule has 0 amide bonds. The summed E-state index contributed by atoms with van der Waals surface area (Å²) < 4.78 is 4.79. The zero-order chi connectivity index (χ0) is 11.7. The minimum Gasteiger partial charge on any atom is -0.466 e. The minimum atomic E-state index is -0.300. The summed E-state index contributed by atoms with van der Waals surface area (Å²) >= 11 is 0. The molecule has 0 aliphatic rings. The Hall–Kier alpha value is -1.59. The van der Waals surface area contributed by atoms with E-state index in [1.807, 2.05) is 12.1 Å². The van der Waals surface area contributed by atoms with Crippen LogP contribution in [0.25, 0.3) is 0 Å². The van der Waals surface area contributed by atoms with Crippen LogP contribution in [0.15, 0.2) is 0 Å². The molecule has 0 spiro atoms. The normalized spacial score (nSPS) is 11.5. The zero-order valence-corrected chi connectivity index (χ0v) is 9.06. The van der Waals surface area contributed by atoms with Crippen LogP contribution in [0.3, 0.4) is 0 Å². The van der Waals surface area contributed by atoms with E-state index in [2.05, 4.69) is 0 Å². The van der Waals surface area contributed by atoms with Crippen molar-refractivity contribution in [3.8, 4) is 12.1 Å². The van der Waals surface area contributed by atoms with E-state index in [1.165, 1.54) is 0 Å². The Kier molecular flexibility index (Phi) is 6.96. The molecule has 0 fully saturated rings. The van der Waals surface area contributed by atoms with Gasteiger partial charge < -0.3 is 4.74 Å². The lowest BCUT2D eigenvalue weighted by Gasteiger charge is -2.22. The first-order valence-electron chi connectivity index (χ1n) is 4.79. The fourth-order valence-electron chi connectivity index (χ4n) is 1.14. The molecule has 0 bridgehead atoms. The van der Waals surface area contributed by atoms with Crippen molar-refractivity contribution in [3.63, 3.8) is 0 Å². The van der Waals surface area contributed by atoms with Crippen LogP contribution in [-0.2, 0) is 9.53 Å². The summed E-state index contributed by atoms with van der Waals surface area (Å²) in [6, 6.07) is 3.77. The van der Waals surface area contributed by atoms with Crippen LogP contribution in [0.5, 0.6) is 0 Å². The van der Waals surface area contributed by atoms with Crippen LogP contribution in [0.4, 0.5) is 0 Å². The molecule has 0 aliphatic carbocycles. The lowest BCUT2D eigenvalue weighted by Crippen LogP contribution is -2.35. The van der Waals surface area contributed by atoms with E-state index in [0.29, 0.717) is 6.61 Å². The third-order valence-electron chi connectivity index (χ3n) is 1.94. The second-order valence-electron chi connectivity index (χ2n) is 3.08. The second-order valence-corrected chi connectivity index (χ2v) is 3.08. The van der Waals surface area contributed by atoms with E-state index in [1.54, 1.807) is 18.7 Å². The van der Waals surface area contributed by atoms with Gasteiger partial charge >= 0.3 is 5.97 Å². The van der Waals surface area contributed by atoms with Gasteiger partial charge in [-0.05, 0) is 13.8 Å². The number of hydrogen-bond acceptors (Lipinski definition) is 5. The monoisotopic (exact) mass is 209 g/mol. The van der Waals surface area contributed by atoms with Crippen LogP contribution >= 0.6 is 0 Å². The van der Waals surface area contributed by atoms with Gasteiger partial charge in [0.15, 0.2) is 0 Å². The van der Waals surface area contributed by atoms with Gasteiger partial charge in [-0.3, -0.25) is 9.69 Å². The molecule has 1 unspecified atom stereocenters. The lowest BCUT2D eigenvalue weighted by molar-refractivity contribution is -0.144. The molecule has 0 aromatic heterocycles. The van der Waals surface area contributed by atoms with E-state index in [4.69, 9.17) is 15.3 Å². The van der Waals surface area contributed by atoms with E-state index in [-0.39, 0.29) is 31.5 Å². The molecule has 82 valence electrons. The number of carbonyl (C=O) groups excluding carboxylic acids is 1. The maximum atomic E-state index is 11.2. The molecule has 15 heavy (non-hydrogen) atoms. The Morgan fingerprint density at radius 1 is 1.40 bits per heavy atom. The SMILES string of the molecule is CCOC(=O)CC(C)N(CC#N)CC#N. The van der Waals surface area contributed by atoms with Gasteiger partial charge in [0.1, 0.15) is 0 Å². The highest BCUT2D eigenvalue weighted by Crippen LogP contribution is 2.04. The molecule has 0 radical (unpaired) electrons. The van der Waals surface area contributed by atoms with Crippen molar-refractivity contribution in [2.45, 2.75) is 26.3 Å². The third kappa shape index (κ3) is 5.66. The number of nitrogens with zero attached hydrogens (tertiary/aromatic N) is 3. The number of esters is 1. The molecule has 0 heterocycles. The molecular formula is C10H15N3O2. The summed E-state index contributed by atoms with van der Waals surface area (Å²) in [7, 11) is 0. The van der Waals surface area contributed by atoms with Gasteiger partial charge in [0.2, 0.25) is 0 Å². The summed E-state index contributed by atoms with van der Waals surface area (Å²) in [5, 5.41) is 17.1. The molecule has 0 aromatic carbocycles. The van der Waals surface area contributed by atoms with Gasteiger partial charge in [-0.25, -0.2) is 0 Å².